The largest absolute Gasteiger partial charge is 0.382 e. The van der Waals surface area contributed by atoms with Crippen LogP contribution < -0.4 is 16.0 Å². The Kier molecular flexibility index (Phi) is 7.83. The van der Waals surface area contributed by atoms with Crippen LogP contribution in [0.25, 0.3) is 5.57 Å². The zero-order chi connectivity index (χ0) is 22.5. The molecule has 3 heterocycles. The van der Waals surface area contributed by atoms with Crippen molar-refractivity contribution in [2.75, 3.05) is 32.8 Å². The first-order valence-corrected chi connectivity index (χ1v) is 12.3. The van der Waals surface area contributed by atoms with Gasteiger partial charge in [-0.25, -0.2) is 4.39 Å². The third-order valence-corrected chi connectivity index (χ3v) is 7.44. The lowest BCUT2D eigenvalue weighted by Gasteiger charge is -2.43. The van der Waals surface area contributed by atoms with Crippen molar-refractivity contribution >= 4 is 29.1 Å². The second-order valence-electron chi connectivity index (χ2n) is 8.32. The molecule has 0 aromatic heterocycles. The van der Waals surface area contributed by atoms with Gasteiger partial charge in [0.2, 0.25) is 11.8 Å². The maximum atomic E-state index is 14.4. The Morgan fingerprint density at radius 2 is 2.09 bits per heavy atom. The van der Waals surface area contributed by atoms with E-state index in [0.29, 0.717) is 38.4 Å². The van der Waals surface area contributed by atoms with Crippen molar-refractivity contribution in [3.05, 3.63) is 41.1 Å². The van der Waals surface area contributed by atoms with Crippen LogP contribution in [-0.4, -0.2) is 67.1 Å². The first-order chi connectivity index (χ1) is 15.6. The number of rotatable bonds is 8. The van der Waals surface area contributed by atoms with E-state index in [1.54, 1.807) is 12.1 Å². The molecule has 2 amide bonds. The van der Waals surface area contributed by atoms with Crippen LogP contribution in [0.3, 0.4) is 0 Å². The summed E-state index contributed by atoms with van der Waals surface area (Å²) in [5.74, 6) is -0.238. The van der Waals surface area contributed by atoms with Gasteiger partial charge in [-0.3, -0.25) is 19.8 Å². The number of amides is 2. The number of carbonyl (C=O) groups is 2. The molecule has 3 unspecified atom stereocenters. The quantitative estimate of drug-likeness (QED) is 0.512. The van der Waals surface area contributed by atoms with E-state index in [2.05, 4.69) is 20.9 Å². The van der Waals surface area contributed by atoms with E-state index in [4.69, 9.17) is 4.74 Å². The highest BCUT2D eigenvalue weighted by Crippen LogP contribution is 2.39. The van der Waals surface area contributed by atoms with Crippen molar-refractivity contribution in [2.24, 2.45) is 5.92 Å². The van der Waals surface area contributed by atoms with Gasteiger partial charge in [0.25, 0.3) is 0 Å². The molecule has 3 atom stereocenters. The molecule has 3 aliphatic heterocycles. The summed E-state index contributed by atoms with van der Waals surface area (Å²) < 4.78 is 19.7. The molecule has 9 heteroatoms. The zero-order valence-electron chi connectivity index (χ0n) is 18.3. The monoisotopic (exact) mass is 462 g/mol. The number of nitrogens with one attached hydrogen (secondary N) is 3. The highest BCUT2D eigenvalue weighted by Gasteiger charge is 2.44. The maximum absolute atomic E-state index is 14.4. The minimum atomic E-state index is -0.326. The minimum absolute atomic E-state index is 0.0127. The molecule has 0 radical (unpaired) electrons. The van der Waals surface area contributed by atoms with Crippen LogP contribution in [0.15, 0.2) is 29.7 Å². The lowest BCUT2D eigenvalue weighted by molar-refractivity contribution is -0.129. The standard InChI is InChI=1S/C23H31FN4O3S/c1-2-31-13-5-10-25-21(29)15-8-11-28(12-9-15)23-26-19-17(14-32-20(19)22(30)27-23)16-6-3-4-7-18(16)24/h3-4,6-7,14-15,19-20,23,26H,2,5,8-13H2,1H3,(H,25,29)(H,27,30). The minimum Gasteiger partial charge on any atom is -0.382 e. The van der Waals surface area contributed by atoms with Gasteiger partial charge in [-0.1, -0.05) is 18.2 Å². The molecule has 3 N–H and O–H groups in total. The number of nitrogens with zero attached hydrogens (tertiary/aromatic N) is 1. The van der Waals surface area contributed by atoms with Crippen LogP contribution in [0.2, 0.25) is 0 Å². The van der Waals surface area contributed by atoms with Crippen LogP contribution in [-0.2, 0) is 14.3 Å². The summed E-state index contributed by atoms with van der Waals surface area (Å²) in [5.41, 5.74) is 1.35. The number of thioether (sulfide) groups is 1. The number of likely N-dealkylation sites (tertiary alicyclic amines) is 1. The molecule has 174 valence electrons. The van der Waals surface area contributed by atoms with Crippen molar-refractivity contribution in [1.29, 1.82) is 0 Å². The van der Waals surface area contributed by atoms with Gasteiger partial charge in [-0.05, 0) is 43.2 Å². The molecular weight excluding hydrogens is 431 g/mol. The number of halogens is 1. The van der Waals surface area contributed by atoms with Gasteiger partial charge in [0, 0.05) is 44.3 Å². The van der Waals surface area contributed by atoms with Crippen LogP contribution in [0.1, 0.15) is 31.7 Å². The Morgan fingerprint density at radius 3 is 2.84 bits per heavy atom. The molecular formula is C23H31FN4O3S. The fourth-order valence-corrected chi connectivity index (χ4v) is 5.64. The van der Waals surface area contributed by atoms with Gasteiger partial charge in [0.05, 0.1) is 6.04 Å². The van der Waals surface area contributed by atoms with Crippen LogP contribution in [0, 0.1) is 11.7 Å². The molecule has 1 aromatic rings. The van der Waals surface area contributed by atoms with Gasteiger partial charge in [0.1, 0.15) is 17.4 Å². The van der Waals surface area contributed by atoms with Gasteiger partial charge in [-0.2, -0.15) is 0 Å². The number of hydrogen-bond donors (Lipinski definition) is 3. The summed E-state index contributed by atoms with van der Waals surface area (Å²) in [7, 11) is 0. The Labute approximate surface area is 192 Å². The van der Waals surface area contributed by atoms with Gasteiger partial charge in [0.15, 0.2) is 0 Å². The molecule has 2 fully saturated rings. The van der Waals surface area contributed by atoms with Crippen LogP contribution >= 0.6 is 11.8 Å². The van der Waals surface area contributed by atoms with Crippen molar-refractivity contribution in [3.8, 4) is 0 Å². The number of piperidine rings is 1. The Bertz CT molecular complexity index is 859. The van der Waals surface area contributed by atoms with E-state index in [1.807, 2.05) is 18.4 Å². The fraction of sp³-hybridized carbons (Fsp3) is 0.565. The summed E-state index contributed by atoms with van der Waals surface area (Å²) in [6.07, 6.45) is 1.97. The predicted octanol–water partition coefficient (Wildman–Crippen LogP) is 1.91. The third-order valence-electron chi connectivity index (χ3n) is 6.27. The predicted molar refractivity (Wildman–Crippen MR) is 123 cm³/mol. The summed E-state index contributed by atoms with van der Waals surface area (Å²) in [5, 5.41) is 11.2. The highest BCUT2D eigenvalue weighted by molar-refractivity contribution is 8.04. The maximum Gasteiger partial charge on any atom is 0.237 e. The molecule has 1 aromatic carbocycles. The fourth-order valence-electron chi connectivity index (χ4n) is 4.50. The second kappa shape index (κ2) is 10.8. The summed E-state index contributed by atoms with van der Waals surface area (Å²) in [6, 6.07) is 6.43. The number of benzene rings is 1. The molecule has 7 nitrogen and oxygen atoms in total. The van der Waals surface area contributed by atoms with Crippen LogP contribution in [0.4, 0.5) is 4.39 Å². The van der Waals surface area contributed by atoms with Crippen molar-refractivity contribution in [2.45, 2.75) is 43.8 Å². The van der Waals surface area contributed by atoms with Gasteiger partial charge < -0.3 is 15.4 Å². The van der Waals surface area contributed by atoms with E-state index in [-0.39, 0.29) is 41.1 Å². The van der Waals surface area contributed by atoms with E-state index in [9.17, 15) is 14.0 Å². The third kappa shape index (κ3) is 5.17. The van der Waals surface area contributed by atoms with E-state index in [0.717, 1.165) is 24.8 Å². The lowest BCUT2D eigenvalue weighted by Crippen LogP contribution is -2.68. The first-order valence-electron chi connectivity index (χ1n) is 11.3. The van der Waals surface area contributed by atoms with Crippen molar-refractivity contribution in [3.63, 3.8) is 0 Å². The molecule has 32 heavy (non-hydrogen) atoms. The topological polar surface area (TPSA) is 82.7 Å². The average Bonchev–Trinajstić information content (AvgIpc) is 3.23. The zero-order valence-corrected chi connectivity index (χ0v) is 19.1. The summed E-state index contributed by atoms with van der Waals surface area (Å²) in [4.78, 5) is 27.4. The number of carbonyl (C=O) groups excluding carboxylic acids is 2. The number of ether oxygens (including phenoxy) is 1. The molecule has 0 spiro atoms. The second-order valence-corrected chi connectivity index (χ2v) is 9.33. The first kappa shape index (κ1) is 23.2. The lowest BCUT2D eigenvalue weighted by atomic mass is 9.94. The number of fused-ring (bicyclic) bond motifs is 1. The van der Waals surface area contributed by atoms with E-state index < -0.39 is 0 Å². The molecule has 0 bridgehead atoms. The van der Waals surface area contributed by atoms with Gasteiger partial charge >= 0.3 is 0 Å². The molecule has 0 aliphatic carbocycles. The molecule has 0 saturated carbocycles. The number of hydrogen-bond acceptors (Lipinski definition) is 6. The summed E-state index contributed by atoms with van der Waals surface area (Å²) in [6.45, 7) is 5.35. The molecule has 2 saturated heterocycles. The highest BCUT2D eigenvalue weighted by atomic mass is 32.2. The van der Waals surface area contributed by atoms with E-state index >= 15 is 0 Å². The van der Waals surface area contributed by atoms with Crippen LogP contribution in [0.5, 0.6) is 0 Å². The average molecular weight is 463 g/mol. The Balaban J connectivity index is 1.31. The van der Waals surface area contributed by atoms with Gasteiger partial charge in [-0.15, -0.1) is 11.8 Å². The smallest absolute Gasteiger partial charge is 0.237 e. The Morgan fingerprint density at radius 1 is 1.31 bits per heavy atom. The van der Waals surface area contributed by atoms with Crippen molar-refractivity contribution in [1.82, 2.24) is 20.9 Å². The summed E-state index contributed by atoms with van der Waals surface area (Å²) >= 11 is 1.43. The van der Waals surface area contributed by atoms with Crippen molar-refractivity contribution < 1.29 is 18.7 Å². The normalized spacial score (nSPS) is 26.4. The Hall–Kier alpha value is -1.94. The SMILES string of the molecule is CCOCCCNC(=O)C1CCN(C2NC(=O)C3SC=C(c4ccccc4F)C3N2)CC1. The van der Waals surface area contributed by atoms with E-state index in [1.165, 1.54) is 17.8 Å². The molecule has 4 rings (SSSR count). The molecule has 3 aliphatic rings.